The summed E-state index contributed by atoms with van der Waals surface area (Å²) in [5.74, 6) is -0.0303. The minimum absolute atomic E-state index is 0.0303. The van der Waals surface area contributed by atoms with Gasteiger partial charge in [0.2, 0.25) is 0 Å². The number of ketones is 1. The highest BCUT2D eigenvalue weighted by Gasteiger charge is 2.16. The molecule has 8 rings (SSSR count). The molecule has 188 valence electrons. The van der Waals surface area contributed by atoms with E-state index in [1.54, 1.807) is 0 Å². The van der Waals surface area contributed by atoms with Gasteiger partial charge in [0.25, 0.3) is 0 Å². The molecule has 0 radical (unpaired) electrons. The van der Waals surface area contributed by atoms with E-state index < -0.39 is 0 Å². The van der Waals surface area contributed by atoms with Crippen LogP contribution < -0.4 is 0 Å². The highest BCUT2D eigenvalue weighted by atomic mass is 16.3. The van der Waals surface area contributed by atoms with Gasteiger partial charge in [-0.1, -0.05) is 109 Å². The number of benzene rings is 6. The average Bonchev–Trinajstić information content (AvgIpc) is 3.59. The van der Waals surface area contributed by atoms with Crippen molar-refractivity contribution in [2.24, 2.45) is 0 Å². The second-order valence-corrected chi connectivity index (χ2v) is 10.1. The highest BCUT2D eigenvalue weighted by Crippen LogP contribution is 2.37. The number of furan rings is 2. The smallest absolute Gasteiger partial charge is 0.193 e. The first-order valence-corrected chi connectivity index (χ1v) is 13.3. The molecule has 6 aromatic carbocycles. The van der Waals surface area contributed by atoms with Crippen molar-refractivity contribution in [3.63, 3.8) is 0 Å². The van der Waals surface area contributed by atoms with Crippen LogP contribution >= 0.6 is 0 Å². The Hall–Kier alpha value is -5.41. The molecule has 0 amide bonds. The molecule has 0 aliphatic heterocycles. The molecule has 0 spiro atoms. The van der Waals surface area contributed by atoms with Crippen molar-refractivity contribution in [2.45, 2.75) is 0 Å². The maximum atomic E-state index is 13.8. The largest absolute Gasteiger partial charge is 0.455 e. The molecular formula is C37H22O3. The number of hydrogen-bond donors (Lipinski definition) is 0. The van der Waals surface area contributed by atoms with Crippen LogP contribution in [0.15, 0.2) is 142 Å². The summed E-state index contributed by atoms with van der Waals surface area (Å²) in [7, 11) is 0. The van der Waals surface area contributed by atoms with E-state index in [9.17, 15) is 4.79 Å². The van der Waals surface area contributed by atoms with E-state index in [1.165, 1.54) is 0 Å². The molecule has 0 saturated heterocycles. The van der Waals surface area contributed by atoms with Crippen molar-refractivity contribution in [2.75, 3.05) is 0 Å². The fourth-order valence-corrected chi connectivity index (χ4v) is 5.77. The maximum Gasteiger partial charge on any atom is 0.193 e. The van der Waals surface area contributed by atoms with E-state index in [-0.39, 0.29) is 5.78 Å². The number of carbonyl (C=O) groups is 1. The van der Waals surface area contributed by atoms with Crippen LogP contribution in [0.3, 0.4) is 0 Å². The van der Waals surface area contributed by atoms with Gasteiger partial charge in [0.1, 0.15) is 22.3 Å². The third kappa shape index (κ3) is 3.49. The van der Waals surface area contributed by atoms with Crippen molar-refractivity contribution in [1.29, 1.82) is 0 Å². The monoisotopic (exact) mass is 514 g/mol. The van der Waals surface area contributed by atoms with Crippen molar-refractivity contribution in [1.82, 2.24) is 0 Å². The average molecular weight is 515 g/mol. The summed E-state index contributed by atoms with van der Waals surface area (Å²) in [4.78, 5) is 13.8. The van der Waals surface area contributed by atoms with Gasteiger partial charge in [-0.25, -0.2) is 0 Å². The van der Waals surface area contributed by atoms with E-state index in [0.717, 1.165) is 66.1 Å². The Morgan fingerprint density at radius 2 is 0.850 bits per heavy atom. The minimum Gasteiger partial charge on any atom is -0.455 e. The van der Waals surface area contributed by atoms with Crippen LogP contribution in [0.25, 0.3) is 66.1 Å². The molecule has 40 heavy (non-hydrogen) atoms. The van der Waals surface area contributed by atoms with Gasteiger partial charge in [0.05, 0.1) is 0 Å². The summed E-state index contributed by atoms with van der Waals surface area (Å²) in [5, 5.41) is 4.31. The predicted molar refractivity (Wildman–Crippen MR) is 162 cm³/mol. The molecule has 0 saturated carbocycles. The summed E-state index contributed by atoms with van der Waals surface area (Å²) in [5.41, 5.74) is 8.44. The topological polar surface area (TPSA) is 43.4 Å². The molecule has 0 bridgehead atoms. The number of hydrogen-bond acceptors (Lipinski definition) is 3. The Labute approximate surface area is 229 Å². The van der Waals surface area contributed by atoms with Crippen LogP contribution in [0.4, 0.5) is 0 Å². The van der Waals surface area contributed by atoms with E-state index in [2.05, 4.69) is 24.3 Å². The minimum atomic E-state index is -0.0303. The molecule has 2 heterocycles. The fraction of sp³-hybridized carbons (Fsp3) is 0. The van der Waals surface area contributed by atoms with Crippen molar-refractivity contribution in [3.8, 4) is 22.3 Å². The zero-order valence-electron chi connectivity index (χ0n) is 21.4. The molecule has 0 N–H and O–H groups in total. The molecule has 8 aromatic rings. The van der Waals surface area contributed by atoms with Crippen molar-refractivity contribution >= 4 is 49.7 Å². The SMILES string of the molecule is O=C(c1cccc(-c2cccc3c2oc2ccccc23)c1)c1cccc(-c2cccc3c2oc2ccccc23)c1. The molecule has 0 unspecified atom stereocenters. The number of para-hydroxylation sites is 4. The predicted octanol–water partition coefficient (Wildman–Crippen LogP) is 10.1. The van der Waals surface area contributed by atoms with Gasteiger partial charge >= 0.3 is 0 Å². The zero-order valence-corrected chi connectivity index (χ0v) is 21.4. The highest BCUT2D eigenvalue weighted by molar-refractivity contribution is 6.13. The Morgan fingerprint density at radius 3 is 1.35 bits per heavy atom. The summed E-state index contributed by atoms with van der Waals surface area (Å²) in [6.45, 7) is 0. The maximum absolute atomic E-state index is 13.8. The molecule has 0 aliphatic rings. The van der Waals surface area contributed by atoms with Crippen molar-refractivity contribution in [3.05, 3.63) is 145 Å². The molecular weight excluding hydrogens is 492 g/mol. The van der Waals surface area contributed by atoms with Crippen molar-refractivity contribution < 1.29 is 13.6 Å². The van der Waals surface area contributed by atoms with Gasteiger partial charge in [-0.3, -0.25) is 4.79 Å². The lowest BCUT2D eigenvalue weighted by Gasteiger charge is -2.08. The Balaban J connectivity index is 1.20. The number of fused-ring (bicyclic) bond motifs is 6. The Bertz CT molecular complexity index is 2090. The summed E-state index contributed by atoms with van der Waals surface area (Å²) in [6.07, 6.45) is 0. The third-order valence-corrected chi connectivity index (χ3v) is 7.68. The zero-order chi connectivity index (χ0) is 26.6. The van der Waals surface area contributed by atoms with Crippen LogP contribution in [0.5, 0.6) is 0 Å². The second-order valence-electron chi connectivity index (χ2n) is 10.1. The molecule has 0 aliphatic carbocycles. The molecule has 3 heteroatoms. The summed E-state index contributed by atoms with van der Waals surface area (Å²) < 4.78 is 12.5. The van der Waals surface area contributed by atoms with Crippen LogP contribution in [0, 0.1) is 0 Å². The third-order valence-electron chi connectivity index (χ3n) is 7.68. The fourth-order valence-electron chi connectivity index (χ4n) is 5.77. The summed E-state index contributed by atoms with van der Waals surface area (Å²) in [6, 6.07) is 44.0. The van der Waals surface area contributed by atoms with E-state index in [0.29, 0.717) is 11.1 Å². The van der Waals surface area contributed by atoms with Gasteiger partial charge in [-0.15, -0.1) is 0 Å². The molecule has 0 atom stereocenters. The number of rotatable bonds is 4. The van der Waals surface area contributed by atoms with Gasteiger partial charge < -0.3 is 8.83 Å². The quantitative estimate of drug-likeness (QED) is 0.219. The van der Waals surface area contributed by atoms with E-state index in [4.69, 9.17) is 8.83 Å². The van der Waals surface area contributed by atoms with Gasteiger partial charge in [-0.05, 0) is 35.4 Å². The lowest BCUT2D eigenvalue weighted by Crippen LogP contribution is -2.01. The summed E-state index contributed by atoms with van der Waals surface area (Å²) >= 11 is 0. The Morgan fingerprint density at radius 1 is 0.425 bits per heavy atom. The number of carbonyl (C=O) groups excluding carboxylic acids is 1. The van der Waals surface area contributed by atoms with E-state index in [1.807, 2.05) is 109 Å². The van der Waals surface area contributed by atoms with Gasteiger partial charge in [-0.2, -0.15) is 0 Å². The molecule has 3 nitrogen and oxygen atoms in total. The molecule has 2 aromatic heterocycles. The first-order valence-electron chi connectivity index (χ1n) is 13.3. The van der Waals surface area contributed by atoms with E-state index >= 15 is 0 Å². The van der Waals surface area contributed by atoms with Crippen LogP contribution in [0.2, 0.25) is 0 Å². The first-order chi connectivity index (χ1) is 19.7. The molecule has 0 fully saturated rings. The van der Waals surface area contributed by atoms with Gasteiger partial charge in [0.15, 0.2) is 5.78 Å². The lowest BCUT2D eigenvalue weighted by atomic mass is 9.95. The van der Waals surface area contributed by atoms with Crippen LogP contribution in [-0.4, -0.2) is 5.78 Å². The van der Waals surface area contributed by atoms with Crippen LogP contribution in [0.1, 0.15) is 15.9 Å². The standard InChI is InChI=1S/C37H22O3/c38-35(25-11-5-9-23(21-25)27-15-7-17-31-29-13-1-3-19-33(29)39-36(27)31)26-12-6-10-24(22-26)28-16-8-18-32-30-14-2-4-20-34(30)40-37(28)32/h1-22H. The lowest BCUT2D eigenvalue weighted by molar-refractivity contribution is 0.103. The van der Waals surface area contributed by atoms with Crippen LogP contribution in [-0.2, 0) is 0 Å². The second kappa shape index (κ2) is 8.82. The van der Waals surface area contributed by atoms with Gasteiger partial charge in [0, 0.05) is 43.8 Å². The Kier molecular flexibility index (Phi) is 4.98. The normalized spacial score (nSPS) is 11.6. The first kappa shape index (κ1) is 22.6.